The molecule has 0 aromatic rings. The Balaban J connectivity index is 2.04. The molecule has 22 heavy (non-hydrogen) atoms. The number of hydrogen-bond acceptors (Lipinski definition) is 4. The predicted molar refractivity (Wildman–Crippen MR) is 85.8 cm³/mol. The molecule has 1 fully saturated rings. The second-order valence-corrected chi connectivity index (χ2v) is 7.63. The van der Waals surface area contributed by atoms with Gasteiger partial charge in [0.2, 0.25) is 5.91 Å². The van der Waals surface area contributed by atoms with E-state index in [2.05, 4.69) is 0 Å². The zero-order valence-corrected chi connectivity index (χ0v) is 14.2. The molecule has 0 spiro atoms. The van der Waals surface area contributed by atoms with Gasteiger partial charge < -0.3 is 9.64 Å². The number of carbonyl (C=O) groups is 2. The van der Waals surface area contributed by atoms with E-state index in [1.54, 1.807) is 18.1 Å². The minimum absolute atomic E-state index is 0.0824. The Bertz CT molecular complexity index is 492. The zero-order valence-electron chi connectivity index (χ0n) is 13.4. The van der Waals surface area contributed by atoms with Crippen molar-refractivity contribution in [1.82, 2.24) is 4.90 Å². The van der Waals surface area contributed by atoms with E-state index in [1.807, 2.05) is 6.08 Å². The quantitative estimate of drug-likeness (QED) is 0.739. The number of likely N-dealkylation sites (tertiary alicyclic amines) is 1. The summed E-state index contributed by atoms with van der Waals surface area (Å²) >= 11 is 0. The summed E-state index contributed by atoms with van der Waals surface area (Å²) in [7, 11) is -1.30. The van der Waals surface area contributed by atoms with Gasteiger partial charge in [-0.25, -0.2) is 0 Å². The van der Waals surface area contributed by atoms with E-state index >= 15 is 0 Å². The Hall–Kier alpha value is -1.17. The van der Waals surface area contributed by atoms with Crippen LogP contribution in [-0.4, -0.2) is 51.7 Å². The predicted octanol–water partition coefficient (Wildman–Crippen LogP) is 1.79. The highest BCUT2D eigenvalue weighted by atomic mass is 32.2. The van der Waals surface area contributed by atoms with E-state index in [0.717, 1.165) is 31.3 Å². The summed E-state index contributed by atoms with van der Waals surface area (Å²) in [5.41, 5.74) is 0.896. The molecule has 1 aliphatic heterocycles. The molecule has 0 radical (unpaired) electrons. The van der Waals surface area contributed by atoms with Gasteiger partial charge in [0.15, 0.2) is 0 Å². The SMILES string of the molecule is CCOC(=O)C1(S(C)=O)CCN(C(=O)C2=CCCCC2)CC1. The average Bonchev–Trinajstić information content (AvgIpc) is 2.55. The van der Waals surface area contributed by atoms with E-state index in [-0.39, 0.29) is 18.5 Å². The second kappa shape index (κ2) is 7.40. The van der Waals surface area contributed by atoms with Crippen LogP contribution in [0.2, 0.25) is 0 Å². The van der Waals surface area contributed by atoms with Gasteiger partial charge in [-0.15, -0.1) is 0 Å². The molecule has 1 saturated heterocycles. The maximum atomic E-state index is 12.5. The monoisotopic (exact) mass is 327 g/mol. The molecular formula is C16H25NO4S. The van der Waals surface area contributed by atoms with Gasteiger partial charge in [0, 0.05) is 35.7 Å². The third-order valence-electron chi connectivity index (χ3n) is 4.62. The van der Waals surface area contributed by atoms with Crippen LogP contribution < -0.4 is 0 Å². The lowest BCUT2D eigenvalue weighted by Crippen LogP contribution is -2.54. The lowest BCUT2D eigenvalue weighted by atomic mass is 9.93. The minimum Gasteiger partial charge on any atom is -0.465 e. The topological polar surface area (TPSA) is 63.7 Å². The molecule has 1 unspecified atom stereocenters. The fraction of sp³-hybridized carbons (Fsp3) is 0.750. The average molecular weight is 327 g/mol. The number of ether oxygens (including phenoxy) is 1. The van der Waals surface area contributed by atoms with Crippen molar-refractivity contribution >= 4 is 22.7 Å². The number of rotatable bonds is 4. The van der Waals surface area contributed by atoms with Gasteiger partial charge in [0.05, 0.1) is 6.61 Å². The maximum absolute atomic E-state index is 12.5. The summed E-state index contributed by atoms with van der Waals surface area (Å²) in [6.45, 7) is 2.97. The third kappa shape index (κ3) is 3.42. The third-order valence-corrected chi connectivity index (χ3v) is 6.30. The Morgan fingerprint density at radius 2 is 2.00 bits per heavy atom. The first-order chi connectivity index (χ1) is 10.5. The highest BCUT2D eigenvalue weighted by Gasteiger charge is 2.47. The molecule has 1 amide bonds. The summed E-state index contributed by atoms with van der Waals surface area (Å²) in [5, 5.41) is 0. The summed E-state index contributed by atoms with van der Waals surface area (Å²) in [5.74, 6) is -0.307. The van der Waals surface area contributed by atoms with Gasteiger partial charge in [-0.2, -0.15) is 0 Å². The van der Waals surface area contributed by atoms with Crippen LogP contribution in [-0.2, 0) is 25.1 Å². The lowest BCUT2D eigenvalue weighted by Gasteiger charge is -2.38. The van der Waals surface area contributed by atoms with Crippen LogP contribution in [0.15, 0.2) is 11.6 Å². The molecule has 0 aromatic carbocycles. The van der Waals surface area contributed by atoms with Crippen molar-refractivity contribution in [3.8, 4) is 0 Å². The van der Waals surface area contributed by atoms with Crippen molar-refractivity contribution in [2.75, 3.05) is 26.0 Å². The molecule has 124 valence electrons. The number of nitrogens with zero attached hydrogens (tertiary/aromatic N) is 1. The van der Waals surface area contributed by atoms with Gasteiger partial charge in [0.1, 0.15) is 4.75 Å². The molecule has 1 atom stereocenters. The van der Waals surface area contributed by atoms with Crippen LogP contribution in [0.3, 0.4) is 0 Å². The van der Waals surface area contributed by atoms with Gasteiger partial charge in [-0.3, -0.25) is 13.8 Å². The smallest absolute Gasteiger partial charge is 0.324 e. The summed E-state index contributed by atoms with van der Waals surface area (Å²) in [6, 6.07) is 0. The first-order valence-electron chi connectivity index (χ1n) is 8.00. The molecule has 2 aliphatic rings. The van der Waals surface area contributed by atoms with Crippen molar-refractivity contribution in [2.24, 2.45) is 0 Å². The van der Waals surface area contributed by atoms with Crippen molar-refractivity contribution < 1.29 is 18.5 Å². The van der Waals surface area contributed by atoms with Crippen LogP contribution in [0.25, 0.3) is 0 Å². The Kier molecular flexibility index (Phi) is 5.78. The van der Waals surface area contributed by atoms with Gasteiger partial charge in [-0.05, 0) is 45.4 Å². The molecule has 0 bridgehead atoms. The number of esters is 1. The maximum Gasteiger partial charge on any atom is 0.324 e. The standard InChI is InChI=1S/C16H25NO4S/c1-3-21-15(19)16(22(2)20)9-11-17(12-10-16)14(18)13-7-5-4-6-8-13/h7H,3-6,8-12H2,1-2H3. The zero-order chi connectivity index (χ0) is 16.2. The van der Waals surface area contributed by atoms with Crippen LogP contribution >= 0.6 is 0 Å². The molecule has 0 N–H and O–H groups in total. The summed E-state index contributed by atoms with van der Waals surface area (Å²) < 4.78 is 16.3. The van der Waals surface area contributed by atoms with E-state index in [4.69, 9.17) is 4.74 Å². The van der Waals surface area contributed by atoms with E-state index in [1.165, 1.54) is 0 Å². The largest absolute Gasteiger partial charge is 0.465 e. The first kappa shape index (κ1) is 17.2. The van der Waals surface area contributed by atoms with Crippen LogP contribution in [0.1, 0.15) is 45.4 Å². The van der Waals surface area contributed by atoms with Crippen LogP contribution in [0.4, 0.5) is 0 Å². The first-order valence-corrected chi connectivity index (χ1v) is 9.56. The Morgan fingerprint density at radius 1 is 1.32 bits per heavy atom. The number of hydrogen-bond donors (Lipinski definition) is 0. The molecule has 6 heteroatoms. The Morgan fingerprint density at radius 3 is 2.50 bits per heavy atom. The summed E-state index contributed by atoms with van der Waals surface area (Å²) in [6.07, 6.45) is 8.45. The van der Waals surface area contributed by atoms with E-state index in [9.17, 15) is 13.8 Å². The van der Waals surface area contributed by atoms with Gasteiger partial charge in [-0.1, -0.05) is 6.08 Å². The normalized spacial score (nSPS) is 22.6. The van der Waals surface area contributed by atoms with E-state index < -0.39 is 15.5 Å². The fourth-order valence-corrected chi connectivity index (χ4v) is 4.23. The van der Waals surface area contributed by atoms with Crippen molar-refractivity contribution in [2.45, 2.75) is 50.2 Å². The van der Waals surface area contributed by atoms with Crippen molar-refractivity contribution in [1.29, 1.82) is 0 Å². The van der Waals surface area contributed by atoms with Crippen LogP contribution in [0, 0.1) is 0 Å². The number of piperidine rings is 1. The lowest BCUT2D eigenvalue weighted by molar-refractivity contribution is -0.148. The molecule has 1 heterocycles. The van der Waals surface area contributed by atoms with Gasteiger partial charge in [0.25, 0.3) is 0 Å². The molecule has 0 saturated carbocycles. The molecular weight excluding hydrogens is 302 g/mol. The number of amides is 1. The van der Waals surface area contributed by atoms with Crippen molar-refractivity contribution in [3.63, 3.8) is 0 Å². The number of allylic oxidation sites excluding steroid dienone is 1. The molecule has 5 nitrogen and oxygen atoms in total. The highest BCUT2D eigenvalue weighted by Crippen LogP contribution is 2.31. The number of carbonyl (C=O) groups excluding carboxylic acids is 2. The molecule has 2 rings (SSSR count). The van der Waals surface area contributed by atoms with Crippen molar-refractivity contribution in [3.05, 3.63) is 11.6 Å². The minimum atomic E-state index is -1.30. The fourth-order valence-electron chi connectivity index (χ4n) is 3.18. The van der Waals surface area contributed by atoms with Gasteiger partial charge >= 0.3 is 5.97 Å². The highest BCUT2D eigenvalue weighted by molar-refractivity contribution is 7.86. The van der Waals surface area contributed by atoms with E-state index in [0.29, 0.717) is 25.9 Å². The van der Waals surface area contributed by atoms with Crippen LogP contribution in [0.5, 0.6) is 0 Å². The molecule has 0 aromatic heterocycles. The summed E-state index contributed by atoms with van der Waals surface area (Å²) in [4.78, 5) is 26.5. The Labute approximate surface area is 134 Å². The second-order valence-electron chi connectivity index (χ2n) is 5.94. The molecule has 1 aliphatic carbocycles.